The van der Waals surface area contributed by atoms with Gasteiger partial charge < -0.3 is 14.9 Å². The van der Waals surface area contributed by atoms with Gasteiger partial charge in [-0.25, -0.2) is 4.39 Å². The summed E-state index contributed by atoms with van der Waals surface area (Å²) in [7, 11) is 0. The third-order valence-corrected chi connectivity index (χ3v) is 4.84. The monoisotopic (exact) mass is 334 g/mol. The lowest BCUT2D eigenvalue weighted by atomic mass is 9.90. The van der Waals surface area contributed by atoms with Crippen molar-refractivity contribution in [2.24, 2.45) is 5.41 Å². The van der Waals surface area contributed by atoms with Gasteiger partial charge in [-0.05, 0) is 38.0 Å². The molecule has 1 aromatic carbocycles. The summed E-state index contributed by atoms with van der Waals surface area (Å²) in [6.45, 7) is 2.46. The van der Waals surface area contributed by atoms with E-state index in [1.54, 1.807) is 11.8 Å². The maximum Gasteiger partial charge on any atom is 0.311 e. The number of hydrogen-bond donors (Lipinski definition) is 1. The summed E-state index contributed by atoms with van der Waals surface area (Å²) < 4.78 is 14.1. The van der Waals surface area contributed by atoms with E-state index in [4.69, 9.17) is 0 Å². The number of carbonyl (C=O) groups excluding carboxylic acids is 2. The Kier molecular flexibility index (Phi) is 4.03. The molecular weight excluding hydrogens is 315 g/mol. The standard InChI is InChI=1S/C17H19FN2O4/c1-17(16(23)24)6-8-19(10-17)15(22)12-9-11(4-5-13(12)18)20-7-2-3-14(20)21/h4-5,9H,2-3,6-8,10H2,1H3,(H,23,24)/t17-/m0/s1. The molecule has 0 spiro atoms. The van der Waals surface area contributed by atoms with E-state index in [1.807, 2.05) is 0 Å². The fraction of sp³-hybridized carbons (Fsp3) is 0.471. The van der Waals surface area contributed by atoms with Crippen molar-refractivity contribution < 1.29 is 23.9 Å². The maximum absolute atomic E-state index is 14.1. The Morgan fingerprint density at radius 3 is 2.62 bits per heavy atom. The smallest absolute Gasteiger partial charge is 0.311 e. The zero-order valence-electron chi connectivity index (χ0n) is 13.4. The number of halogens is 1. The molecule has 0 unspecified atom stereocenters. The highest BCUT2D eigenvalue weighted by atomic mass is 19.1. The molecule has 0 bridgehead atoms. The highest BCUT2D eigenvalue weighted by Gasteiger charge is 2.42. The topological polar surface area (TPSA) is 77.9 Å². The van der Waals surface area contributed by atoms with Crippen LogP contribution in [0.4, 0.5) is 10.1 Å². The molecule has 2 fully saturated rings. The molecule has 6 nitrogen and oxygen atoms in total. The number of nitrogens with zero attached hydrogens (tertiary/aromatic N) is 2. The molecule has 0 aliphatic carbocycles. The van der Waals surface area contributed by atoms with Gasteiger partial charge in [0, 0.05) is 31.7 Å². The molecule has 3 rings (SSSR count). The first-order chi connectivity index (χ1) is 11.3. The molecule has 128 valence electrons. The quantitative estimate of drug-likeness (QED) is 0.916. The van der Waals surface area contributed by atoms with Gasteiger partial charge in [-0.15, -0.1) is 0 Å². The molecule has 2 heterocycles. The fourth-order valence-corrected chi connectivity index (χ4v) is 3.25. The largest absolute Gasteiger partial charge is 0.481 e. The van der Waals surface area contributed by atoms with E-state index in [-0.39, 0.29) is 24.6 Å². The molecule has 1 atom stereocenters. The zero-order chi connectivity index (χ0) is 17.5. The minimum absolute atomic E-state index is 0.0420. The minimum atomic E-state index is -1.01. The maximum atomic E-state index is 14.1. The number of benzene rings is 1. The first-order valence-corrected chi connectivity index (χ1v) is 7.94. The van der Waals surface area contributed by atoms with Crippen molar-refractivity contribution in [2.75, 3.05) is 24.5 Å². The van der Waals surface area contributed by atoms with Crippen LogP contribution in [0, 0.1) is 11.2 Å². The van der Waals surface area contributed by atoms with Gasteiger partial charge >= 0.3 is 5.97 Å². The molecule has 2 aliphatic heterocycles. The van der Waals surface area contributed by atoms with Crippen molar-refractivity contribution in [3.05, 3.63) is 29.6 Å². The van der Waals surface area contributed by atoms with E-state index >= 15 is 0 Å². The van der Waals surface area contributed by atoms with Crippen LogP contribution < -0.4 is 4.90 Å². The second-order valence-electron chi connectivity index (χ2n) is 6.66. The average molecular weight is 334 g/mol. The SMILES string of the molecule is C[C@]1(C(=O)O)CCN(C(=O)c2cc(N3CCCC3=O)ccc2F)C1. The van der Waals surface area contributed by atoms with Crippen molar-refractivity contribution in [3.63, 3.8) is 0 Å². The van der Waals surface area contributed by atoms with Gasteiger partial charge in [0.05, 0.1) is 11.0 Å². The van der Waals surface area contributed by atoms with Crippen LogP contribution in [-0.2, 0) is 9.59 Å². The van der Waals surface area contributed by atoms with Crippen LogP contribution >= 0.6 is 0 Å². The number of aliphatic carboxylic acids is 1. The number of carboxylic acid groups (broad SMARTS) is 1. The number of hydrogen-bond acceptors (Lipinski definition) is 3. The van der Waals surface area contributed by atoms with E-state index in [1.165, 1.54) is 23.1 Å². The first-order valence-electron chi connectivity index (χ1n) is 7.94. The van der Waals surface area contributed by atoms with Crippen molar-refractivity contribution >= 4 is 23.5 Å². The number of likely N-dealkylation sites (tertiary alicyclic amines) is 1. The number of anilines is 1. The van der Waals surface area contributed by atoms with Crippen LogP contribution in [-0.4, -0.2) is 47.4 Å². The van der Waals surface area contributed by atoms with E-state index < -0.39 is 23.1 Å². The van der Waals surface area contributed by atoms with Crippen LogP contribution in [0.1, 0.15) is 36.5 Å². The van der Waals surface area contributed by atoms with Gasteiger partial charge in [0.1, 0.15) is 5.82 Å². The second kappa shape index (κ2) is 5.89. The summed E-state index contributed by atoms with van der Waals surface area (Å²) in [5, 5.41) is 9.26. The minimum Gasteiger partial charge on any atom is -0.481 e. The summed E-state index contributed by atoms with van der Waals surface area (Å²) in [4.78, 5) is 38.7. The number of amides is 2. The van der Waals surface area contributed by atoms with Crippen molar-refractivity contribution in [1.82, 2.24) is 4.90 Å². The van der Waals surface area contributed by atoms with Gasteiger partial charge in [0.25, 0.3) is 5.91 Å². The van der Waals surface area contributed by atoms with Gasteiger partial charge in [-0.3, -0.25) is 14.4 Å². The predicted octanol–water partition coefficient (Wildman–Crippen LogP) is 1.89. The molecule has 7 heteroatoms. The van der Waals surface area contributed by atoms with E-state index in [9.17, 15) is 23.9 Å². The van der Waals surface area contributed by atoms with Crippen molar-refractivity contribution in [1.29, 1.82) is 0 Å². The molecule has 1 N–H and O–H groups in total. The molecular formula is C17H19FN2O4. The fourth-order valence-electron chi connectivity index (χ4n) is 3.25. The summed E-state index contributed by atoms with van der Waals surface area (Å²) in [5.74, 6) is -2.21. The lowest BCUT2D eigenvalue weighted by Crippen LogP contribution is -2.35. The van der Waals surface area contributed by atoms with Crippen LogP contribution in [0.5, 0.6) is 0 Å². The normalized spacial score (nSPS) is 23.8. The number of carbonyl (C=O) groups is 3. The highest BCUT2D eigenvalue weighted by molar-refractivity contribution is 5.99. The highest BCUT2D eigenvalue weighted by Crippen LogP contribution is 2.32. The summed E-state index contributed by atoms with van der Waals surface area (Å²) in [6, 6.07) is 4.05. The Morgan fingerprint density at radius 1 is 1.29 bits per heavy atom. The van der Waals surface area contributed by atoms with Gasteiger partial charge in [0.15, 0.2) is 0 Å². The molecule has 2 saturated heterocycles. The lowest BCUT2D eigenvalue weighted by Gasteiger charge is -2.21. The predicted molar refractivity (Wildman–Crippen MR) is 84.3 cm³/mol. The van der Waals surface area contributed by atoms with Crippen LogP contribution in [0.2, 0.25) is 0 Å². The molecule has 2 amide bonds. The molecule has 0 aromatic heterocycles. The Morgan fingerprint density at radius 2 is 2.04 bits per heavy atom. The summed E-state index contributed by atoms with van der Waals surface area (Å²) in [6.07, 6.45) is 1.52. The van der Waals surface area contributed by atoms with Crippen LogP contribution in [0.3, 0.4) is 0 Å². The zero-order valence-corrected chi connectivity index (χ0v) is 13.4. The third-order valence-electron chi connectivity index (χ3n) is 4.84. The Hall–Kier alpha value is -2.44. The van der Waals surface area contributed by atoms with Crippen molar-refractivity contribution in [3.8, 4) is 0 Å². The number of carboxylic acids is 1. The van der Waals surface area contributed by atoms with Crippen LogP contribution in [0.15, 0.2) is 18.2 Å². The van der Waals surface area contributed by atoms with E-state index in [0.29, 0.717) is 25.1 Å². The average Bonchev–Trinajstić information content (AvgIpc) is 3.14. The van der Waals surface area contributed by atoms with Gasteiger partial charge in [-0.2, -0.15) is 0 Å². The molecule has 0 radical (unpaired) electrons. The van der Waals surface area contributed by atoms with E-state index in [0.717, 1.165) is 6.42 Å². The first kappa shape index (κ1) is 16.4. The molecule has 0 saturated carbocycles. The number of rotatable bonds is 3. The lowest BCUT2D eigenvalue weighted by molar-refractivity contribution is -0.147. The Balaban J connectivity index is 1.85. The molecule has 24 heavy (non-hydrogen) atoms. The Bertz CT molecular complexity index is 721. The van der Waals surface area contributed by atoms with Gasteiger partial charge in [0.2, 0.25) is 5.91 Å². The molecule has 1 aromatic rings. The third kappa shape index (κ3) is 2.74. The second-order valence-corrected chi connectivity index (χ2v) is 6.66. The molecule has 2 aliphatic rings. The van der Waals surface area contributed by atoms with Gasteiger partial charge in [-0.1, -0.05) is 0 Å². The van der Waals surface area contributed by atoms with Crippen LogP contribution in [0.25, 0.3) is 0 Å². The summed E-state index contributed by atoms with van der Waals surface area (Å²) in [5.41, 5.74) is -0.626. The summed E-state index contributed by atoms with van der Waals surface area (Å²) >= 11 is 0. The Labute approximate surface area is 138 Å². The van der Waals surface area contributed by atoms with Crippen molar-refractivity contribution in [2.45, 2.75) is 26.2 Å². The van der Waals surface area contributed by atoms with E-state index in [2.05, 4.69) is 0 Å².